The number of piperidine rings is 1. The lowest BCUT2D eigenvalue weighted by Crippen LogP contribution is -2.47. The molecule has 2 aliphatic rings. The van der Waals surface area contributed by atoms with Crippen molar-refractivity contribution in [3.63, 3.8) is 0 Å². The standard InChI is InChI=1S/C14H19BrN2/c1-9-6-10(15)2-5-14(9)17-12-3-4-13(17)8-11(16)7-12/h2,5-6,11-13H,3-4,7-8,16H2,1H3. The number of aryl methyl sites for hydroxylation is 1. The molecule has 0 saturated carbocycles. The Labute approximate surface area is 111 Å². The van der Waals surface area contributed by atoms with Crippen molar-refractivity contribution in [1.29, 1.82) is 0 Å². The lowest BCUT2D eigenvalue weighted by Gasteiger charge is -2.40. The van der Waals surface area contributed by atoms with Crippen molar-refractivity contribution in [3.8, 4) is 0 Å². The van der Waals surface area contributed by atoms with Crippen LogP contribution in [0.2, 0.25) is 0 Å². The molecule has 3 rings (SSSR count). The predicted molar refractivity (Wildman–Crippen MR) is 75.4 cm³/mol. The molecule has 1 aromatic rings. The van der Waals surface area contributed by atoms with Crippen LogP contribution in [-0.4, -0.2) is 18.1 Å². The highest BCUT2D eigenvalue weighted by Gasteiger charge is 2.39. The molecule has 2 heterocycles. The zero-order valence-corrected chi connectivity index (χ0v) is 11.8. The Hall–Kier alpha value is -0.540. The molecule has 3 heteroatoms. The summed E-state index contributed by atoms with van der Waals surface area (Å²) in [6.45, 7) is 2.20. The topological polar surface area (TPSA) is 29.3 Å². The van der Waals surface area contributed by atoms with Crippen LogP contribution in [0, 0.1) is 6.92 Å². The lowest BCUT2D eigenvalue weighted by molar-refractivity contribution is 0.414. The van der Waals surface area contributed by atoms with Gasteiger partial charge in [0, 0.05) is 28.3 Å². The van der Waals surface area contributed by atoms with E-state index in [0.29, 0.717) is 18.1 Å². The van der Waals surface area contributed by atoms with Gasteiger partial charge in [0.05, 0.1) is 0 Å². The van der Waals surface area contributed by atoms with Crippen LogP contribution in [0.25, 0.3) is 0 Å². The normalized spacial score (nSPS) is 31.9. The Bertz CT molecular complexity index is 418. The smallest absolute Gasteiger partial charge is 0.0401 e. The molecule has 17 heavy (non-hydrogen) atoms. The summed E-state index contributed by atoms with van der Waals surface area (Å²) >= 11 is 3.54. The number of fused-ring (bicyclic) bond motifs is 2. The van der Waals surface area contributed by atoms with Gasteiger partial charge < -0.3 is 10.6 Å². The van der Waals surface area contributed by atoms with E-state index in [2.05, 4.69) is 46.0 Å². The molecule has 0 aromatic heterocycles. The third kappa shape index (κ3) is 2.00. The number of nitrogens with zero attached hydrogens (tertiary/aromatic N) is 1. The summed E-state index contributed by atoms with van der Waals surface area (Å²) in [7, 11) is 0. The van der Waals surface area contributed by atoms with Crippen molar-refractivity contribution in [2.75, 3.05) is 4.90 Å². The molecule has 2 saturated heterocycles. The molecule has 2 N–H and O–H groups in total. The monoisotopic (exact) mass is 294 g/mol. The second kappa shape index (κ2) is 4.29. The number of halogens is 1. The van der Waals surface area contributed by atoms with Gasteiger partial charge >= 0.3 is 0 Å². The number of hydrogen-bond donors (Lipinski definition) is 1. The van der Waals surface area contributed by atoms with Gasteiger partial charge in [-0.15, -0.1) is 0 Å². The van der Waals surface area contributed by atoms with Crippen LogP contribution < -0.4 is 10.6 Å². The molecule has 0 spiro atoms. The number of rotatable bonds is 1. The molecule has 2 bridgehead atoms. The van der Waals surface area contributed by atoms with Crippen molar-refractivity contribution in [3.05, 3.63) is 28.2 Å². The van der Waals surface area contributed by atoms with E-state index in [1.165, 1.54) is 28.6 Å². The fourth-order valence-electron chi connectivity index (χ4n) is 3.52. The second-order valence-corrected chi connectivity index (χ2v) is 6.37. The van der Waals surface area contributed by atoms with Crippen molar-refractivity contribution in [2.24, 2.45) is 5.73 Å². The van der Waals surface area contributed by atoms with Crippen molar-refractivity contribution in [1.82, 2.24) is 0 Å². The van der Waals surface area contributed by atoms with E-state index < -0.39 is 0 Å². The zero-order chi connectivity index (χ0) is 12.0. The molecule has 0 amide bonds. The highest BCUT2D eigenvalue weighted by Crippen LogP contribution is 2.40. The van der Waals surface area contributed by atoms with E-state index in [0.717, 1.165) is 12.8 Å². The largest absolute Gasteiger partial charge is 0.365 e. The third-order valence-electron chi connectivity index (χ3n) is 4.21. The SMILES string of the molecule is Cc1cc(Br)ccc1N1C2CCC1CC(N)C2. The van der Waals surface area contributed by atoms with Gasteiger partial charge in [-0.25, -0.2) is 0 Å². The molecule has 0 aliphatic carbocycles. The number of hydrogen-bond acceptors (Lipinski definition) is 2. The second-order valence-electron chi connectivity index (χ2n) is 5.45. The summed E-state index contributed by atoms with van der Waals surface area (Å²) in [5.41, 5.74) is 8.90. The minimum Gasteiger partial charge on any atom is -0.365 e. The summed E-state index contributed by atoms with van der Waals surface area (Å²) < 4.78 is 1.17. The van der Waals surface area contributed by atoms with Crippen molar-refractivity contribution >= 4 is 21.6 Å². The molecule has 2 unspecified atom stereocenters. The average Bonchev–Trinajstić information content (AvgIpc) is 2.53. The number of nitrogens with two attached hydrogens (primary N) is 1. The zero-order valence-electron chi connectivity index (χ0n) is 10.2. The van der Waals surface area contributed by atoms with E-state index in [4.69, 9.17) is 5.73 Å². The molecule has 2 fully saturated rings. The molecule has 2 nitrogen and oxygen atoms in total. The summed E-state index contributed by atoms with van der Waals surface area (Å²) in [4.78, 5) is 2.63. The maximum atomic E-state index is 6.12. The van der Waals surface area contributed by atoms with Gasteiger partial charge in [-0.05, 0) is 56.4 Å². The van der Waals surface area contributed by atoms with Gasteiger partial charge in [-0.2, -0.15) is 0 Å². The van der Waals surface area contributed by atoms with Crippen LogP contribution in [0.5, 0.6) is 0 Å². The third-order valence-corrected chi connectivity index (χ3v) is 4.70. The minimum atomic E-state index is 0.416. The maximum absolute atomic E-state index is 6.12. The summed E-state index contributed by atoms with van der Waals surface area (Å²) in [6, 6.07) is 8.37. The van der Waals surface area contributed by atoms with Gasteiger partial charge in [-0.3, -0.25) is 0 Å². The Morgan fingerprint density at radius 2 is 1.88 bits per heavy atom. The molecular formula is C14H19BrN2. The van der Waals surface area contributed by atoms with Crippen LogP contribution in [0.15, 0.2) is 22.7 Å². The minimum absolute atomic E-state index is 0.416. The van der Waals surface area contributed by atoms with Crippen molar-refractivity contribution in [2.45, 2.75) is 50.7 Å². The average molecular weight is 295 g/mol. The molecule has 2 aliphatic heterocycles. The van der Waals surface area contributed by atoms with E-state index >= 15 is 0 Å². The summed E-state index contributed by atoms with van der Waals surface area (Å²) in [6.07, 6.45) is 4.94. The number of anilines is 1. The van der Waals surface area contributed by atoms with Crippen LogP contribution in [0.1, 0.15) is 31.2 Å². The van der Waals surface area contributed by atoms with Crippen LogP contribution in [-0.2, 0) is 0 Å². The first-order valence-electron chi connectivity index (χ1n) is 6.45. The maximum Gasteiger partial charge on any atom is 0.0401 e. The summed E-state index contributed by atoms with van der Waals surface area (Å²) in [5, 5.41) is 0. The van der Waals surface area contributed by atoms with E-state index in [-0.39, 0.29) is 0 Å². The van der Waals surface area contributed by atoms with Gasteiger partial charge in [0.1, 0.15) is 0 Å². The molecule has 1 aromatic carbocycles. The first-order valence-corrected chi connectivity index (χ1v) is 7.24. The highest BCUT2D eigenvalue weighted by molar-refractivity contribution is 9.10. The Morgan fingerprint density at radius 1 is 1.24 bits per heavy atom. The van der Waals surface area contributed by atoms with Crippen LogP contribution in [0.4, 0.5) is 5.69 Å². The fourth-order valence-corrected chi connectivity index (χ4v) is 4.00. The predicted octanol–water partition coefficient (Wildman–Crippen LogP) is 3.22. The summed E-state index contributed by atoms with van der Waals surface area (Å²) in [5.74, 6) is 0. The van der Waals surface area contributed by atoms with Gasteiger partial charge in [0.15, 0.2) is 0 Å². The molecule has 0 radical (unpaired) electrons. The van der Waals surface area contributed by atoms with E-state index in [1.54, 1.807) is 0 Å². The van der Waals surface area contributed by atoms with Gasteiger partial charge in [-0.1, -0.05) is 15.9 Å². The lowest BCUT2D eigenvalue weighted by atomic mass is 9.96. The molecule has 92 valence electrons. The first kappa shape index (κ1) is 11.5. The van der Waals surface area contributed by atoms with Crippen LogP contribution in [0.3, 0.4) is 0 Å². The van der Waals surface area contributed by atoms with E-state index in [1.807, 2.05) is 0 Å². The Balaban J connectivity index is 1.94. The Kier molecular flexibility index (Phi) is 2.91. The van der Waals surface area contributed by atoms with E-state index in [9.17, 15) is 0 Å². The van der Waals surface area contributed by atoms with Gasteiger partial charge in [0.2, 0.25) is 0 Å². The molecular weight excluding hydrogens is 276 g/mol. The highest BCUT2D eigenvalue weighted by atomic mass is 79.9. The fraction of sp³-hybridized carbons (Fsp3) is 0.571. The quantitative estimate of drug-likeness (QED) is 0.862. The molecule has 2 atom stereocenters. The van der Waals surface area contributed by atoms with Crippen molar-refractivity contribution < 1.29 is 0 Å². The Morgan fingerprint density at radius 3 is 2.47 bits per heavy atom. The van der Waals surface area contributed by atoms with Gasteiger partial charge in [0.25, 0.3) is 0 Å². The van der Waals surface area contributed by atoms with Crippen LogP contribution >= 0.6 is 15.9 Å². The first-order chi connectivity index (χ1) is 8.15. The number of benzene rings is 1.